The molecule has 2 aliphatic rings. The summed E-state index contributed by atoms with van der Waals surface area (Å²) in [6.07, 6.45) is 0.416. The van der Waals surface area contributed by atoms with Gasteiger partial charge in [-0.15, -0.1) is 0 Å². The topological polar surface area (TPSA) is 21.7 Å². The number of hydrogen-bond acceptors (Lipinski definition) is 3. The van der Waals surface area contributed by atoms with Gasteiger partial charge in [0.1, 0.15) is 12.2 Å². The Morgan fingerprint density at radius 2 is 1.67 bits per heavy atom. The van der Waals surface area contributed by atoms with Crippen LogP contribution in [0.2, 0.25) is 0 Å². The lowest BCUT2D eigenvalue weighted by Crippen LogP contribution is -2.38. The molecule has 3 nitrogen and oxygen atoms in total. The van der Waals surface area contributed by atoms with E-state index in [0.717, 1.165) is 31.1 Å². The largest absolute Gasteiger partial charge is 0.481 e. The van der Waals surface area contributed by atoms with Gasteiger partial charge < -0.3 is 9.47 Å². The van der Waals surface area contributed by atoms with Crippen LogP contribution in [-0.4, -0.2) is 36.7 Å². The predicted molar refractivity (Wildman–Crippen MR) is 57.4 cm³/mol. The summed E-state index contributed by atoms with van der Waals surface area (Å²) in [7, 11) is 0. The van der Waals surface area contributed by atoms with Crippen molar-refractivity contribution < 1.29 is 9.47 Å². The van der Waals surface area contributed by atoms with Gasteiger partial charge in [0.05, 0.1) is 0 Å². The lowest BCUT2D eigenvalue weighted by atomic mass is 10.2. The highest BCUT2D eigenvalue weighted by Gasteiger charge is 2.39. The third-order valence-corrected chi connectivity index (χ3v) is 3.14. The first-order valence-electron chi connectivity index (χ1n) is 5.51. The van der Waals surface area contributed by atoms with E-state index in [2.05, 4.69) is 11.8 Å². The minimum atomic E-state index is 0.208. The number of rotatable bonds is 1. The zero-order chi connectivity index (χ0) is 10.3. The molecule has 2 atom stereocenters. The first kappa shape index (κ1) is 9.04. The van der Waals surface area contributed by atoms with Crippen LogP contribution in [0.1, 0.15) is 6.92 Å². The highest BCUT2D eigenvalue weighted by atomic mass is 16.6. The van der Waals surface area contributed by atoms with Gasteiger partial charge in [-0.1, -0.05) is 19.1 Å². The SMILES string of the molecule is CCN1C[C@@H]2Oc3ccccc3O[C@H]2C1. The normalized spacial score (nSPS) is 28.9. The standard InChI is InChI=1S/C12H15NO2/c1-2-13-7-11-12(8-13)15-10-6-4-3-5-9(10)14-11/h3-6,11-12H,2,7-8H2,1H3/t11-,12-/m0/s1. The van der Waals surface area contributed by atoms with Crippen molar-refractivity contribution in [3.05, 3.63) is 24.3 Å². The maximum Gasteiger partial charge on any atom is 0.161 e. The third-order valence-electron chi connectivity index (χ3n) is 3.14. The van der Waals surface area contributed by atoms with E-state index >= 15 is 0 Å². The molecule has 0 radical (unpaired) electrons. The summed E-state index contributed by atoms with van der Waals surface area (Å²) >= 11 is 0. The lowest BCUT2D eigenvalue weighted by Gasteiger charge is -2.28. The number of benzene rings is 1. The fourth-order valence-electron chi connectivity index (χ4n) is 2.27. The van der Waals surface area contributed by atoms with Crippen molar-refractivity contribution in [2.75, 3.05) is 19.6 Å². The number of ether oxygens (including phenoxy) is 2. The van der Waals surface area contributed by atoms with Crippen molar-refractivity contribution >= 4 is 0 Å². The maximum atomic E-state index is 5.92. The quantitative estimate of drug-likeness (QED) is 0.694. The molecule has 3 rings (SSSR count). The van der Waals surface area contributed by atoms with Crippen molar-refractivity contribution in [3.63, 3.8) is 0 Å². The Labute approximate surface area is 89.6 Å². The molecule has 0 saturated carbocycles. The van der Waals surface area contributed by atoms with E-state index in [-0.39, 0.29) is 12.2 Å². The molecule has 0 aromatic heterocycles. The van der Waals surface area contributed by atoms with Crippen LogP contribution >= 0.6 is 0 Å². The number of para-hydroxylation sites is 2. The van der Waals surface area contributed by atoms with Crippen molar-refractivity contribution in [2.24, 2.45) is 0 Å². The number of nitrogens with zero attached hydrogens (tertiary/aromatic N) is 1. The Balaban J connectivity index is 1.84. The van der Waals surface area contributed by atoms with Crippen LogP contribution in [-0.2, 0) is 0 Å². The predicted octanol–water partition coefficient (Wildman–Crippen LogP) is 1.53. The molecule has 0 aliphatic carbocycles. The molecule has 1 fully saturated rings. The number of hydrogen-bond donors (Lipinski definition) is 0. The summed E-state index contributed by atoms with van der Waals surface area (Å²) in [5.41, 5.74) is 0. The van der Waals surface area contributed by atoms with E-state index in [1.165, 1.54) is 0 Å². The Morgan fingerprint density at radius 3 is 2.13 bits per heavy atom. The molecule has 0 unspecified atom stereocenters. The van der Waals surface area contributed by atoms with Crippen molar-refractivity contribution in [2.45, 2.75) is 19.1 Å². The average molecular weight is 205 g/mol. The van der Waals surface area contributed by atoms with Crippen molar-refractivity contribution in [1.29, 1.82) is 0 Å². The first-order valence-corrected chi connectivity index (χ1v) is 5.51. The van der Waals surface area contributed by atoms with Gasteiger partial charge in [0.15, 0.2) is 11.5 Å². The number of likely N-dealkylation sites (tertiary alicyclic amines) is 1. The van der Waals surface area contributed by atoms with E-state index in [4.69, 9.17) is 9.47 Å². The molecular weight excluding hydrogens is 190 g/mol. The number of likely N-dealkylation sites (N-methyl/N-ethyl adjacent to an activating group) is 1. The average Bonchev–Trinajstić information content (AvgIpc) is 2.67. The first-order chi connectivity index (χ1) is 7.36. The van der Waals surface area contributed by atoms with Crippen molar-refractivity contribution in [3.8, 4) is 11.5 Å². The van der Waals surface area contributed by atoms with Gasteiger partial charge in [-0.05, 0) is 18.7 Å². The highest BCUT2D eigenvalue weighted by Crippen LogP contribution is 2.35. The van der Waals surface area contributed by atoms with Gasteiger partial charge in [-0.25, -0.2) is 0 Å². The lowest BCUT2D eigenvalue weighted by molar-refractivity contribution is 0.0552. The minimum Gasteiger partial charge on any atom is -0.481 e. The molecule has 0 N–H and O–H groups in total. The second-order valence-electron chi connectivity index (χ2n) is 4.11. The second-order valence-corrected chi connectivity index (χ2v) is 4.11. The van der Waals surface area contributed by atoms with Gasteiger partial charge in [0, 0.05) is 13.1 Å². The van der Waals surface area contributed by atoms with Crippen LogP contribution in [0.25, 0.3) is 0 Å². The van der Waals surface area contributed by atoms with Crippen LogP contribution in [0.5, 0.6) is 11.5 Å². The van der Waals surface area contributed by atoms with Crippen LogP contribution < -0.4 is 9.47 Å². The van der Waals surface area contributed by atoms with Gasteiger partial charge in [0.25, 0.3) is 0 Å². The molecule has 1 aromatic rings. The monoisotopic (exact) mass is 205 g/mol. The minimum absolute atomic E-state index is 0.208. The summed E-state index contributed by atoms with van der Waals surface area (Å²) in [4.78, 5) is 2.36. The molecule has 15 heavy (non-hydrogen) atoms. The van der Waals surface area contributed by atoms with E-state index < -0.39 is 0 Å². The zero-order valence-corrected chi connectivity index (χ0v) is 8.85. The molecule has 3 heteroatoms. The van der Waals surface area contributed by atoms with Crippen LogP contribution in [0.4, 0.5) is 0 Å². The molecule has 1 saturated heterocycles. The Kier molecular flexibility index (Phi) is 2.06. The van der Waals surface area contributed by atoms with Crippen LogP contribution in [0, 0.1) is 0 Å². The summed E-state index contributed by atoms with van der Waals surface area (Å²) in [5.74, 6) is 1.77. The molecule has 2 heterocycles. The molecule has 80 valence electrons. The van der Waals surface area contributed by atoms with Gasteiger partial charge >= 0.3 is 0 Å². The third kappa shape index (κ3) is 1.47. The molecule has 1 aromatic carbocycles. The summed E-state index contributed by atoms with van der Waals surface area (Å²) in [6, 6.07) is 7.91. The van der Waals surface area contributed by atoms with Gasteiger partial charge in [-0.2, -0.15) is 0 Å². The van der Waals surface area contributed by atoms with E-state index in [0.29, 0.717) is 0 Å². The number of fused-ring (bicyclic) bond motifs is 2. The Hall–Kier alpha value is -1.22. The molecule has 2 aliphatic heterocycles. The fourth-order valence-corrected chi connectivity index (χ4v) is 2.27. The zero-order valence-electron chi connectivity index (χ0n) is 8.85. The van der Waals surface area contributed by atoms with E-state index in [1.807, 2.05) is 24.3 Å². The van der Waals surface area contributed by atoms with E-state index in [9.17, 15) is 0 Å². The van der Waals surface area contributed by atoms with Crippen LogP contribution in [0.15, 0.2) is 24.3 Å². The van der Waals surface area contributed by atoms with Crippen LogP contribution in [0.3, 0.4) is 0 Å². The summed E-state index contributed by atoms with van der Waals surface area (Å²) < 4.78 is 11.8. The molecule has 0 amide bonds. The van der Waals surface area contributed by atoms with Crippen molar-refractivity contribution in [1.82, 2.24) is 4.90 Å². The summed E-state index contributed by atoms with van der Waals surface area (Å²) in [5, 5.41) is 0. The Morgan fingerprint density at radius 1 is 1.13 bits per heavy atom. The molecule has 0 bridgehead atoms. The fraction of sp³-hybridized carbons (Fsp3) is 0.500. The molecule has 0 spiro atoms. The highest BCUT2D eigenvalue weighted by molar-refractivity contribution is 5.41. The van der Waals surface area contributed by atoms with Gasteiger partial charge in [-0.3, -0.25) is 4.90 Å². The second kappa shape index (κ2) is 3.42. The summed E-state index contributed by atoms with van der Waals surface area (Å²) in [6.45, 7) is 5.20. The van der Waals surface area contributed by atoms with Gasteiger partial charge in [0.2, 0.25) is 0 Å². The maximum absolute atomic E-state index is 5.92. The van der Waals surface area contributed by atoms with E-state index in [1.54, 1.807) is 0 Å². The Bertz CT molecular complexity index is 333. The molecular formula is C12H15NO2. The smallest absolute Gasteiger partial charge is 0.161 e.